The summed E-state index contributed by atoms with van der Waals surface area (Å²) in [5, 5.41) is 68.1. The largest absolute Gasteiger partial charge is 0.480 e. The molecule has 1 atom stereocenters. The molecular weight excluding hydrogens is 718 g/mol. The van der Waals surface area contributed by atoms with Crippen molar-refractivity contribution in [3.05, 3.63) is 39.9 Å². The van der Waals surface area contributed by atoms with E-state index < -0.39 is 73.0 Å². The molecule has 0 aliphatic carbocycles. The van der Waals surface area contributed by atoms with Gasteiger partial charge in [-0.25, -0.2) is 0 Å². The van der Waals surface area contributed by atoms with Crippen LogP contribution in [0.4, 0.5) is 5.69 Å². The zero-order valence-electron chi connectivity index (χ0n) is 30.1. The lowest BCUT2D eigenvalue weighted by atomic mass is 10.0. The van der Waals surface area contributed by atoms with Gasteiger partial charge in [-0.3, -0.25) is 68.3 Å². The van der Waals surface area contributed by atoms with Crippen LogP contribution >= 0.6 is 0 Å². The number of non-ortho nitro benzene ring substituents is 1. The third-order valence-corrected chi connectivity index (χ3v) is 8.91. The number of aliphatic carboxylic acids is 6. The third-order valence-electron chi connectivity index (χ3n) is 8.91. The van der Waals surface area contributed by atoms with Gasteiger partial charge in [-0.15, -0.1) is 0 Å². The number of nitrogens with zero attached hydrogens (tertiary/aromatic N) is 7. The summed E-state index contributed by atoms with van der Waals surface area (Å²) >= 11 is 0. The van der Waals surface area contributed by atoms with Crippen LogP contribution in [0.15, 0.2) is 24.3 Å². The highest BCUT2D eigenvalue weighted by Crippen LogP contribution is 2.17. The molecule has 0 radical (unpaired) electrons. The van der Waals surface area contributed by atoms with E-state index in [9.17, 15) is 69.5 Å². The van der Waals surface area contributed by atoms with Crippen LogP contribution in [0.25, 0.3) is 0 Å². The van der Waals surface area contributed by atoms with Crippen LogP contribution in [0, 0.1) is 10.1 Å². The standard InChI is InChI=1S/C33H51N7O14/c41-28(42)19-36-11-8-34(10-17-38(21-30(45)46)22-31(47)48)9-12-37(20-29(43)44)16-14-35(13-15-36)18-27(39(23-32(49)50)24-33(51)52)3-1-2-25-4-6-26(7-5-25)40(53)54/h4-7,27H,1-3,8-24H2,(H,41,42)(H,43,44)(H,45,46)(H,47,48)(H,49,50)(H,51,52). The second kappa shape index (κ2) is 23.8. The predicted octanol–water partition coefficient (Wildman–Crippen LogP) is -1.38. The average Bonchev–Trinajstić information content (AvgIpc) is 3.05. The molecule has 1 saturated heterocycles. The Hall–Kier alpha value is -4.80. The van der Waals surface area contributed by atoms with Crippen molar-refractivity contribution in [1.29, 1.82) is 0 Å². The van der Waals surface area contributed by atoms with E-state index in [0.717, 1.165) is 5.56 Å². The maximum Gasteiger partial charge on any atom is 0.317 e. The molecule has 0 amide bonds. The molecule has 1 heterocycles. The molecule has 2 rings (SSSR count). The first-order valence-electron chi connectivity index (χ1n) is 17.4. The number of carboxylic acids is 6. The summed E-state index contributed by atoms with van der Waals surface area (Å²) < 4.78 is 0. The molecule has 1 aliphatic heterocycles. The van der Waals surface area contributed by atoms with E-state index in [4.69, 9.17) is 0 Å². The number of nitro groups is 1. The molecule has 1 aromatic carbocycles. The number of hydrogen-bond donors (Lipinski definition) is 6. The molecule has 1 unspecified atom stereocenters. The number of nitro benzene ring substituents is 1. The summed E-state index contributed by atoms with van der Waals surface area (Å²) in [7, 11) is 0. The van der Waals surface area contributed by atoms with E-state index in [0.29, 0.717) is 32.4 Å². The normalized spacial score (nSPS) is 16.3. The minimum atomic E-state index is -1.23. The first-order chi connectivity index (χ1) is 25.5. The number of benzene rings is 1. The van der Waals surface area contributed by atoms with Crippen LogP contribution in [0.3, 0.4) is 0 Å². The molecule has 1 aromatic rings. The predicted molar refractivity (Wildman–Crippen MR) is 189 cm³/mol. The molecule has 54 heavy (non-hydrogen) atoms. The zero-order valence-corrected chi connectivity index (χ0v) is 30.1. The topological polar surface area (TPSA) is 286 Å². The highest BCUT2D eigenvalue weighted by Gasteiger charge is 2.27. The molecule has 0 saturated carbocycles. The number of carboxylic acid groups (broad SMARTS) is 6. The summed E-state index contributed by atoms with van der Waals surface area (Å²) in [6.07, 6.45) is 1.30. The quantitative estimate of drug-likeness (QED) is 0.0552. The van der Waals surface area contributed by atoms with Gasteiger partial charge in [0.2, 0.25) is 0 Å². The minimum absolute atomic E-state index is 0.0688. The summed E-state index contributed by atoms with van der Waals surface area (Å²) in [5.41, 5.74) is 0.730. The maximum absolute atomic E-state index is 11.8. The van der Waals surface area contributed by atoms with Crippen molar-refractivity contribution < 1.29 is 64.3 Å². The Balaban J connectivity index is 2.32. The van der Waals surface area contributed by atoms with Gasteiger partial charge in [-0.1, -0.05) is 12.1 Å². The molecule has 21 heteroatoms. The van der Waals surface area contributed by atoms with Crippen molar-refractivity contribution in [3.63, 3.8) is 0 Å². The van der Waals surface area contributed by atoms with Gasteiger partial charge >= 0.3 is 35.8 Å². The molecular formula is C33H51N7O14. The summed E-state index contributed by atoms with van der Waals surface area (Å²) in [5.74, 6) is -7.03. The van der Waals surface area contributed by atoms with Gasteiger partial charge in [0.05, 0.1) is 44.2 Å². The first kappa shape index (κ1) is 45.4. The van der Waals surface area contributed by atoms with Crippen molar-refractivity contribution in [1.82, 2.24) is 29.4 Å². The van der Waals surface area contributed by atoms with Gasteiger partial charge in [0.25, 0.3) is 5.69 Å². The van der Waals surface area contributed by atoms with Gasteiger partial charge in [0, 0.05) is 90.2 Å². The van der Waals surface area contributed by atoms with Gasteiger partial charge in [0.15, 0.2) is 0 Å². The van der Waals surface area contributed by atoms with Crippen LogP contribution in [-0.4, -0.2) is 218 Å². The van der Waals surface area contributed by atoms with Crippen LogP contribution < -0.4 is 0 Å². The van der Waals surface area contributed by atoms with E-state index in [1.54, 1.807) is 21.9 Å². The summed E-state index contributed by atoms with van der Waals surface area (Å²) in [6.45, 7) is -0.159. The molecule has 0 spiro atoms. The highest BCUT2D eigenvalue weighted by molar-refractivity contribution is 5.73. The highest BCUT2D eigenvalue weighted by atomic mass is 16.6. The first-order valence-corrected chi connectivity index (χ1v) is 17.4. The Labute approximate surface area is 311 Å². The Morgan fingerprint density at radius 3 is 1.46 bits per heavy atom. The molecule has 0 bridgehead atoms. The summed E-state index contributed by atoms with van der Waals surface area (Å²) in [4.78, 5) is 90.3. The fourth-order valence-corrected chi connectivity index (χ4v) is 6.24. The number of rotatable bonds is 23. The number of aryl methyl sites for hydroxylation is 1. The third kappa shape index (κ3) is 19.3. The Morgan fingerprint density at radius 2 is 1.06 bits per heavy atom. The lowest BCUT2D eigenvalue weighted by Gasteiger charge is -2.37. The van der Waals surface area contributed by atoms with Crippen LogP contribution in [-0.2, 0) is 35.2 Å². The van der Waals surface area contributed by atoms with E-state index in [-0.39, 0.29) is 77.7 Å². The average molecular weight is 770 g/mol. The second-order valence-electron chi connectivity index (χ2n) is 13.1. The SMILES string of the molecule is O=C(O)CN1CCN(CCN(CC(=O)O)CC(=O)O)CCN(CC(=O)O)CCN(CC(CCCc2ccc([N+](=O)[O-])cc2)N(CC(=O)O)CC(=O)O)CC1. The van der Waals surface area contributed by atoms with E-state index in [1.807, 2.05) is 9.80 Å². The molecule has 0 aromatic heterocycles. The number of carbonyl (C=O) groups is 6. The lowest BCUT2D eigenvalue weighted by molar-refractivity contribution is -0.384. The van der Waals surface area contributed by atoms with Gasteiger partial charge in [0.1, 0.15) is 0 Å². The van der Waals surface area contributed by atoms with Gasteiger partial charge in [-0.05, 0) is 24.8 Å². The molecule has 1 aliphatic rings. The fourth-order valence-electron chi connectivity index (χ4n) is 6.24. The van der Waals surface area contributed by atoms with E-state index >= 15 is 0 Å². The lowest BCUT2D eigenvalue weighted by Crippen LogP contribution is -2.52. The van der Waals surface area contributed by atoms with Crippen molar-refractivity contribution in [3.8, 4) is 0 Å². The Bertz CT molecular complexity index is 1350. The van der Waals surface area contributed by atoms with Crippen LogP contribution in [0.2, 0.25) is 0 Å². The van der Waals surface area contributed by atoms with Gasteiger partial charge in [-0.2, -0.15) is 0 Å². The smallest absolute Gasteiger partial charge is 0.317 e. The van der Waals surface area contributed by atoms with E-state index in [1.165, 1.54) is 21.9 Å². The van der Waals surface area contributed by atoms with Crippen LogP contribution in [0.5, 0.6) is 0 Å². The summed E-state index contributed by atoms with van der Waals surface area (Å²) in [6, 6.07) is 5.39. The van der Waals surface area contributed by atoms with E-state index in [2.05, 4.69) is 0 Å². The van der Waals surface area contributed by atoms with Crippen molar-refractivity contribution >= 4 is 41.5 Å². The minimum Gasteiger partial charge on any atom is -0.480 e. The maximum atomic E-state index is 11.8. The second-order valence-corrected chi connectivity index (χ2v) is 13.1. The number of hydrogen-bond acceptors (Lipinski definition) is 14. The van der Waals surface area contributed by atoms with Crippen molar-refractivity contribution in [2.45, 2.75) is 25.3 Å². The van der Waals surface area contributed by atoms with Crippen molar-refractivity contribution in [2.75, 3.05) is 111 Å². The van der Waals surface area contributed by atoms with Crippen molar-refractivity contribution in [2.24, 2.45) is 0 Å². The van der Waals surface area contributed by atoms with Gasteiger partial charge < -0.3 is 30.6 Å². The molecule has 6 N–H and O–H groups in total. The van der Waals surface area contributed by atoms with Crippen LogP contribution in [0.1, 0.15) is 18.4 Å². The molecule has 21 nitrogen and oxygen atoms in total. The Morgan fingerprint density at radius 1 is 0.630 bits per heavy atom. The fraction of sp³-hybridized carbons (Fsp3) is 0.636. The monoisotopic (exact) mass is 769 g/mol. The Kier molecular flexibility index (Phi) is 20.0. The molecule has 302 valence electrons. The molecule has 1 fully saturated rings. The zero-order chi connectivity index (χ0) is 40.2.